The molecule has 1 heterocycles. The topological polar surface area (TPSA) is 98.3 Å². The van der Waals surface area contributed by atoms with Crippen molar-refractivity contribution in [2.24, 2.45) is 5.92 Å². The molecule has 1 rings (SSSR count). The first-order valence-electron chi connectivity index (χ1n) is 5.89. The van der Waals surface area contributed by atoms with Crippen molar-refractivity contribution in [2.75, 3.05) is 32.6 Å². The Morgan fingerprint density at radius 2 is 1.74 bits per heavy atom. The fraction of sp³-hybridized carbons (Fsp3) is 0.636. The molecule has 0 radical (unpaired) electrons. The molecule has 8 nitrogen and oxygen atoms in total. The first-order chi connectivity index (χ1) is 9.05. The molecule has 0 saturated heterocycles. The van der Waals surface area contributed by atoms with Gasteiger partial charge >= 0.3 is 12.0 Å². The van der Waals surface area contributed by atoms with Gasteiger partial charge in [0.15, 0.2) is 0 Å². The highest BCUT2D eigenvalue weighted by atomic mass is 16.5. The van der Waals surface area contributed by atoms with E-state index in [0.29, 0.717) is 12.5 Å². The number of nitrogens with one attached hydrogen (secondary N) is 2. The highest BCUT2D eigenvalue weighted by Gasteiger charge is 2.08. The van der Waals surface area contributed by atoms with Crippen LogP contribution in [0.1, 0.15) is 13.8 Å². The van der Waals surface area contributed by atoms with E-state index in [9.17, 15) is 4.79 Å². The fourth-order valence-electron chi connectivity index (χ4n) is 1.14. The maximum absolute atomic E-state index is 11.5. The summed E-state index contributed by atoms with van der Waals surface area (Å²) in [6.45, 7) is 4.75. The summed E-state index contributed by atoms with van der Waals surface area (Å²) in [6.07, 6.45) is 0. The zero-order valence-corrected chi connectivity index (χ0v) is 11.6. The summed E-state index contributed by atoms with van der Waals surface area (Å²) >= 11 is 0. The minimum atomic E-state index is -0.132. The number of rotatable bonds is 7. The highest BCUT2D eigenvalue weighted by molar-refractivity contribution is 5.80. The first-order valence-corrected chi connectivity index (χ1v) is 5.89. The maximum Gasteiger partial charge on any atom is 0.324 e. The van der Waals surface area contributed by atoms with E-state index in [4.69, 9.17) is 9.47 Å². The SMILES string of the molecule is COc1nc(NCC(=O)NCC(C)C)nc(OC)n1. The predicted octanol–water partition coefficient (Wildman–Crippen LogP) is 0.0729. The molecule has 19 heavy (non-hydrogen) atoms. The third-order valence-corrected chi connectivity index (χ3v) is 2.07. The number of hydrogen-bond donors (Lipinski definition) is 2. The molecule has 1 aromatic heterocycles. The molecule has 0 saturated carbocycles. The Hall–Kier alpha value is -2.12. The standard InChI is InChI=1S/C11H19N5O3/c1-7(2)5-12-8(17)6-13-9-14-10(18-3)16-11(15-9)19-4/h7H,5-6H2,1-4H3,(H,12,17)(H,13,14,15,16). The van der Waals surface area contributed by atoms with E-state index in [1.165, 1.54) is 14.2 Å². The minimum Gasteiger partial charge on any atom is -0.467 e. The molecule has 0 aliphatic rings. The number of carbonyl (C=O) groups is 1. The zero-order chi connectivity index (χ0) is 14.3. The van der Waals surface area contributed by atoms with Crippen LogP contribution < -0.4 is 20.1 Å². The third-order valence-electron chi connectivity index (χ3n) is 2.07. The molecule has 2 N–H and O–H groups in total. The second-order valence-corrected chi connectivity index (χ2v) is 4.18. The van der Waals surface area contributed by atoms with Crippen LogP contribution in [0.2, 0.25) is 0 Å². The van der Waals surface area contributed by atoms with Gasteiger partial charge in [-0.05, 0) is 5.92 Å². The molecule has 0 aliphatic carbocycles. The second-order valence-electron chi connectivity index (χ2n) is 4.18. The zero-order valence-electron chi connectivity index (χ0n) is 11.6. The number of aromatic nitrogens is 3. The lowest BCUT2D eigenvalue weighted by atomic mass is 10.2. The molecule has 0 fully saturated rings. The third kappa shape index (κ3) is 5.36. The van der Waals surface area contributed by atoms with Crippen molar-refractivity contribution < 1.29 is 14.3 Å². The van der Waals surface area contributed by atoms with Crippen molar-refractivity contribution in [1.82, 2.24) is 20.3 Å². The number of methoxy groups -OCH3 is 2. The normalized spacial score (nSPS) is 10.2. The van der Waals surface area contributed by atoms with Gasteiger partial charge in [0.05, 0.1) is 20.8 Å². The fourth-order valence-corrected chi connectivity index (χ4v) is 1.14. The molecule has 1 aromatic rings. The van der Waals surface area contributed by atoms with Gasteiger partial charge in [0, 0.05) is 6.54 Å². The van der Waals surface area contributed by atoms with Crippen LogP contribution >= 0.6 is 0 Å². The molecule has 0 aliphatic heterocycles. The van der Waals surface area contributed by atoms with Crippen molar-refractivity contribution in [3.05, 3.63) is 0 Å². The van der Waals surface area contributed by atoms with Gasteiger partial charge in [0.2, 0.25) is 11.9 Å². The molecule has 0 unspecified atom stereocenters. The molecule has 0 atom stereocenters. The molecule has 0 aromatic carbocycles. The average Bonchev–Trinajstić information content (AvgIpc) is 2.42. The van der Waals surface area contributed by atoms with Gasteiger partial charge in [0.25, 0.3) is 0 Å². The van der Waals surface area contributed by atoms with E-state index in [2.05, 4.69) is 25.6 Å². The summed E-state index contributed by atoms with van der Waals surface area (Å²) in [5.41, 5.74) is 0. The van der Waals surface area contributed by atoms with E-state index in [0.717, 1.165) is 0 Å². The molecule has 1 amide bonds. The summed E-state index contributed by atoms with van der Waals surface area (Å²) in [5.74, 6) is 0.497. The van der Waals surface area contributed by atoms with Gasteiger partial charge in [-0.3, -0.25) is 4.79 Å². The van der Waals surface area contributed by atoms with E-state index in [-0.39, 0.29) is 30.4 Å². The highest BCUT2D eigenvalue weighted by Crippen LogP contribution is 2.11. The molecule has 106 valence electrons. The van der Waals surface area contributed by atoms with Crippen LogP contribution in [0.5, 0.6) is 12.0 Å². The number of ether oxygens (including phenoxy) is 2. The van der Waals surface area contributed by atoms with Crippen molar-refractivity contribution in [2.45, 2.75) is 13.8 Å². The van der Waals surface area contributed by atoms with Gasteiger partial charge in [-0.2, -0.15) is 9.97 Å². The lowest BCUT2D eigenvalue weighted by Crippen LogP contribution is -2.32. The summed E-state index contributed by atoms with van der Waals surface area (Å²) < 4.78 is 9.80. The number of nitrogens with zero attached hydrogens (tertiary/aromatic N) is 3. The number of anilines is 1. The second kappa shape index (κ2) is 7.34. The molecule has 8 heteroatoms. The van der Waals surface area contributed by atoms with Crippen LogP contribution in [0.4, 0.5) is 5.95 Å². The smallest absolute Gasteiger partial charge is 0.324 e. The monoisotopic (exact) mass is 269 g/mol. The Bertz CT molecular complexity index is 403. The van der Waals surface area contributed by atoms with Gasteiger partial charge in [-0.15, -0.1) is 4.98 Å². The van der Waals surface area contributed by atoms with Crippen molar-refractivity contribution in [3.63, 3.8) is 0 Å². The predicted molar refractivity (Wildman–Crippen MR) is 69.3 cm³/mol. The molecule has 0 spiro atoms. The van der Waals surface area contributed by atoms with Crippen LogP contribution in [0.3, 0.4) is 0 Å². The average molecular weight is 269 g/mol. The van der Waals surface area contributed by atoms with Crippen LogP contribution in [-0.2, 0) is 4.79 Å². The lowest BCUT2D eigenvalue weighted by molar-refractivity contribution is -0.119. The summed E-state index contributed by atoms with van der Waals surface area (Å²) in [6, 6.07) is 0.244. The summed E-state index contributed by atoms with van der Waals surface area (Å²) in [4.78, 5) is 23.3. The minimum absolute atomic E-state index is 0.0725. The van der Waals surface area contributed by atoms with Gasteiger partial charge < -0.3 is 20.1 Å². The number of hydrogen-bond acceptors (Lipinski definition) is 7. The number of carbonyl (C=O) groups excluding carboxylic acids is 1. The maximum atomic E-state index is 11.5. The number of amides is 1. The van der Waals surface area contributed by atoms with Crippen LogP contribution in [0, 0.1) is 5.92 Å². The Morgan fingerprint density at radius 3 is 2.21 bits per heavy atom. The van der Waals surface area contributed by atoms with Gasteiger partial charge in [-0.25, -0.2) is 0 Å². The molecular formula is C11H19N5O3. The first kappa shape index (κ1) is 14.9. The van der Waals surface area contributed by atoms with Crippen LogP contribution in [-0.4, -0.2) is 48.2 Å². The van der Waals surface area contributed by atoms with Crippen LogP contribution in [0.25, 0.3) is 0 Å². The Morgan fingerprint density at radius 1 is 1.16 bits per heavy atom. The van der Waals surface area contributed by atoms with Gasteiger partial charge in [0.1, 0.15) is 0 Å². The van der Waals surface area contributed by atoms with E-state index in [1.54, 1.807) is 0 Å². The van der Waals surface area contributed by atoms with Crippen LogP contribution in [0.15, 0.2) is 0 Å². The summed E-state index contributed by atoms with van der Waals surface area (Å²) in [7, 11) is 2.88. The molecular weight excluding hydrogens is 250 g/mol. The summed E-state index contributed by atoms with van der Waals surface area (Å²) in [5, 5.41) is 5.56. The van der Waals surface area contributed by atoms with E-state index < -0.39 is 0 Å². The quantitative estimate of drug-likeness (QED) is 0.722. The van der Waals surface area contributed by atoms with Crippen molar-refractivity contribution in [3.8, 4) is 12.0 Å². The largest absolute Gasteiger partial charge is 0.467 e. The molecule has 0 bridgehead atoms. The van der Waals surface area contributed by atoms with Gasteiger partial charge in [-0.1, -0.05) is 13.8 Å². The Kier molecular flexibility index (Phi) is 5.77. The van der Waals surface area contributed by atoms with E-state index >= 15 is 0 Å². The van der Waals surface area contributed by atoms with E-state index in [1.807, 2.05) is 13.8 Å². The lowest BCUT2D eigenvalue weighted by Gasteiger charge is -2.09. The van der Waals surface area contributed by atoms with Crippen molar-refractivity contribution in [1.29, 1.82) is 0 Å². The van der Waals surface area contributed by atoms with Crippen molar-refractivity contribution >= 4 is 11.9 Å². The Labute approximate surface area is 111 Å². The Balaban J connectivity index is 2.54.